The predicted molar refractivity (Wildman–Crippen MR) is 566 cm³/mol. The van der Waals surface area contributed by atoms with Crippen LogP contribution in [0.25, 0.3) is 243 Å². The van der Waals surface area contributed by atoms with E-state index in [1.54, 1.807) is 0 Å². The molecule has 26 rings (SSSR count). The van der Waals surface area contributed by atoms with Gasteiger partial charge in [-0.15, -0.1) is 0 Å². The fraction of sp³-hybridized carbons (Fsp3) is 0. The molecule has 0 aliphatic heterocycles. The number of benzene rings is 22. The summed E-state index contributed by atoms with van der Waals surface area (Å²) in [6, 6.07) is 163. The van der Waals surface area contributed by atoms with Crippen LogP contribution in [0.4, 0.5) is 0 Å². The third kappa shape index (κ3) is 14.8. The molecule has 2 heterocycles. The Morgan fingerprint density at radius 1 is 0.159 bits per heavy atom. The monoisotopic (exact) mass is 1880 g/mol. The molecule has 622 valence electrons. The fourth-order valence-electron chi connectivity index (χ4n) is 20.0. The molecule has 2 aromatic heterocycles. The topological polar surface area (TPSA) is 66.7 Å². The summed E-state index contributed by atoms with van der Waals surface area (Å²) < 4.78 is 15.3. The quantitative estimate of drug-likeness (QED) is 0.127. The molecule has 132 heavy (non-hydrogen) atoms. The Balaban J connectivity index is 0.000000112. The average Bonchev–Trinajstić information content (AvgIpc) is 1.54. The molecule has 0 amide bonds. The Morgan fingerprint density at radius 3 is 0.742 bits per heavy atom. The van der Waals surface area contributed by atoms with E-state index in [4.69, 9.17) is 8.83 Å². The standard InChI is InChI=1S/C56H34O.C32H21BO2.C24H15BrO.C12H8Br2/c1-3-12-39(13-4-1)52-45-17-7-8-18-46(45)53(40-14-5-2-6-15-40)56-48-32-31-42(44-19-11-20-47(54(44)48)55(52)56)38-28-26-36(27-29-38)35-22-24-37(25-23-35)41-30-33-51-49(34-41)43-16-9-10-21-50(43)57-51;34-33(35)27-19-18-26-30-24(27)16-9-17-25(30)31-28(20-10-3-1-4-11-20)22-14-7-8-15-23(22)29(32(26)31)21-12-5-2-6-13-21;25-20-12-9-17(10-13-20)16-5-7-18(8-6-16)19-11-14-24-22(15-19)21-3-1-2-4-23(21)26-24;13-11-5-1-9(2-6-11)10-3-7-12(14)8-4-10/h1-34H;1-19,34-35H;1-15H;1-8H. The van der Waals surface area contributed by atoms with Crippen LogP contribution in [-0.2, 0) is 0 Å². The molecule has 24 aromatic rings. The van der Waals surface area contributed by atoms with Gasteiger partial charge in [-0.1, -0.05) is 436 Å². The molecule has 0 spiro atoms. The first-order chi connectivity index (χ1) is 65.0. The van der Waals surface area contributed by atoms with Crippen molar-refractivity contribution in [3.8, 4) is 156 Å². The van der Waals surface area contributed by atoms with Gasteiger partial charge in [0.05, 0.1) is 0 Å². The van der Waals surface area contributed by atoms with Gasteiger partial charge in [-0.3, -0.25) is 0 Å². The van der Waals surface area contributed by atoms with E-state index in [1.807, 2.05) is 42.5 Å². The van der Waals surface area contributed by atoms with Gasteiger partial charge < -0.3 is 18.9 Å². The van der Waals surface area contributed by atoms with Gasteiger partial charge in [0.1, 0.15) is 22.3 Å². The number of fused-ring (bicyclic) bond motifs is 14. The van der Waals surface area contributed by atoms with Crippen LogP contribution in [0.5, 0.6) is 0 Å². The minimum Gasteiger partial charge on any atom is -0.456 e. The van der Waals surface area contributed by atoms with Crippen molar-refractivity contribution in [2.75, 3.05) is 0 Å². The molecule has 8 heteroatoms. The zero-order valence-electron chi connectivity index (χ0n) is 71.3. The van der Waals surface area contributed by atoms with Crippen LogP contribution in [0.1, 0.15) is 0 Å². The van der Waals surface area contributed by atoms with Gasteiger partial charge in [0.25, 0.3) is 0 Å². The second kappa shape index (κ2) is 34.7. The number of para-hydroxylation sites is 2. The van der Waals surface area contributed by atoms with Gasteiger partial charge in [-0.2, -0.15) is 0 Å². The molecule has 0 saturated carbocycles. The molecule has 2 N–H and O–H groups in total. The summed E-state index contributed by atoms with van der Waals surface area (Å²) in [5.41, 5.74) is 38.6. The van der Waals surface area contributed by atoms with Crippen LogP contribution in [0.3, 0.4) is 0 Å². The lowest BCUT2D eigenvalue weighted by molar-refractivity contribution is 0.426. The number of rotatable bonds is 11. The van der Waals surface area contributed by atoms with E-state index in [1.165, 1.54) is 177 Å². The zero-order chi connectivity index (χ0) is 88.4. The Kier molecular flexibility index (Phi) is 21.4. The lowest BCUT2D eigenvalue weighted by Crippen LogP contribution is -2.30. The lowest BCUT2D eigenvalue weighted by Gasteiger charge is -2.20. The van der Waals surface area contributed by atoms with E-state index in [0.717, 1.165) is 79.2 Å². The summed E-state index contributed by atoms with van der Waals surface area (Å²) in [6.45, 7) is 0. The van der Waals surface area contributed by atoms with Crippen molar-refractivity contribution >= 4 is 147 Å². The first-order valence-corrected chi connectivity index (χ1v) is 46.7. The Labute approximate surface area is 789 Å². The Morgan fingerprint density at radius 2 is 0.402 bits per heavy atom. The van der Waals surface area contributed by atoms with Crippen molar-refractivity contribution in [1.82, 2.24) is 0 Å². The third-order valence-electron chi connectivity index (χ3n) is 26.1. The van der Waals surface area contributed by atoms with E-state index in [0.29, 0.717) is 5.46 Å². The van der Waals surface area contributed by atoms with Crippen molar-refractivity contribution in [1.29, 1.82) is 0 Å². The van der Waals surface area contributed by atoms with E-state index >= 15 is 0 Å². The first-order valence-electron chi connectivity index (χ1n) is 44.4. The van der Waals surface area contributed by atoms with Crippen LogP contribution in [-0.4, -0.2) is 17.2 Å². The highest BCUT2D eigenvalue weighted by molar-refractivity contribution is 9.11. The fourth-order valence-corrected chi connectivity index (χ4v) is 20.8. The molecule has 0 unspecified atom stereocenters. The van der Waals surface area contributed by atoms with Gasteiger partial charge in [-0.05, 0) is 277 Å². The maximum absolute atomic E-state index is 10.1. The molecule has 0 atom stereocenters. The van der Waals surface area contributed by atoms with E-state index in [2.05, 4.69) is 466 Å². The van der Waals surface area contributed by atoms with Gasteiger partial charge in [0, 0.05) is 35.0 Å². The van der Waals surface area contributed by atoms with Crippen LogP contribution >= 0.6 is 47.8 Å². The highest BCUT2D eigenvalue weighted by Gasteiger charge is 2.34. The molecule has 4 nitrogen and oxygen atoms in total. The predicted octanol–water partition coefficient (Wildman–Crippen LogP) is 35.1. The molecule has 2 aliphatic rings. The molecule has 2 aliphatic carbocycles. The number of hydrogen-bond acceptors (Lipinski definition) is 4. The molecular formula is C124H78BBr3O4. The zero-order valence-corrected chi connectivity index (χ0v) is 76.1. The van der Waals surface area contributed by atoms with E-state index in [-0.39, 0.29) is 0 Å². The van der Waals surface area contributed by atoms with Gasteiger partial charge >= 0.3 is 7.12 Å². The van der Waals surface area contributed by atoms with Crippen LogP contribution in [0, 0.1) is 0 Å². The molecule has 0 saturated heterocycles. The normalized spacial score (nSPS) is 11.5. The summed E-state index contributed by atoms with van der Waals surface area (Å²) in [5.74, 6) is 0. The molecular weight excluding hydrogens is 1800 g/mol. The molecule has 0 bridgehead atoms. The maximum Gasteiger partial charge on any atom is 0.489 e. The molecule has 0 fully saturated rings. The van der Waals surface area contributed by atoms with Crippen LogP contribution in [0.2, 0.25) is 0 Å². The smallest absolute Gasteiger partial charge is 0.456 e. The van der Waals surface area contributed by atoms with Crippen molar-refractivity contribution in [3.05, 3.63) is 474 Å². The highest BCUT2D eigenvalue weighted by atomic mass is 79.9. The SMILES string of the molecule is Brc1ccc(-c2ccc(-c3ccc4oc5ccccc5c4c3)cc2)cc1.Brc1ccc(-c2ccc(Br)cc2)cc1.OB(O)c1ccc2c3c(cccc13)-c1c-2c(-c2ccccc2)c2ccccc2c1-c1ccccc1.c1ccc(-c2c3c(c(-c4ccccc4)c4ccccc24)-c2ccc(-c4ccc(-c5ccc(-c6ccc7oc8ccccc8c7c6)cc5)cc4)c4cccc-3c24)cc1. The second-order valence-corrected chi connectivity index (χ2v) is 36.4. The number of furan rings is 2. The number of halogens is 3. The summed E-state index contributed by atoms with van der Waals surface area (Å²) >= 11 is 10.3. The highest BCUT2D eigenvalue weighted by Crippen LogP contribution is 2.61. The largest absolute Gasteiger partial charge is 0.489 e. The Bertz CT molecular complexity index is 8330. The summed E-state index contributed by atoms with van der Waals surface area (Å²) in [5, 5.41) is 34.4. The van der Waals surface area contributed by atoms with Crippen molar-refractivity contribution in [3.63, 3.8) is 0 Å². The first kappa shape index (κ1) is 81.4. The van der Waals surface area contributed by atoms with Gasteiger partial charge in [-0.25, -0.2) is 0 Å². The summed E-state index contributed by atoms with van der Waals surface area (Å²) in [7, 11) is -1.52. The third-order valence-corrected chi connectivity index (χ3v) is 27.7. The molecule has 0 radical (unpaired) electrons. The van der Waals surface area contributed by atoms with E-state index in [9.17, 15) is 10.0 Å². The lowest BCUT2D eigenvalue weighted by atomic mass is 9.76. The summed E-state index contributed by atoms with van der Waals surface area (Å²) in [6.07, 6.45) is 0. The molecule has 22 aromatic carbocycles. The van der Waals surface area contributed by atoms with Crippen molar-refractivity contribution < 1.29 is 18.9 Å². The van der Waals surface area contributed by atoms with E-state index < -0.39 is 7.12 Å². The minimum absolute atomic E-state index is 0.533. The Hall–Kier alpha value is -15.1. The van der Waals surface area contributed by atoms with Gasteiger partial charge in [0.2, 0.25) is 0 Å². The number of hydrogen-bond donors (Lipinski definition) is 2. The minimum atomic E-state index is -1.52. The second-order valence-electron chi connectivity index (χ2n) is 33.6. The van der Waals surface area contributed by atoms with Crippen molar-refractivity contribution in [2.24, 2.45) is 0 Å². The summed E-state index contributed by atoms with van der Waals surface area (Å²) in [4.78, 5) is 0. The van der Waals surface area contributed by atoms with Gasteiger partial charge in [0.15, 0.2) is 0 Å². The maximum atomic E-state index is 10.1. The average molecular weight is 1880 g/mol. The van der Waals surface area contributed by atoms with Crippen LogP contribution < -0.4 is 5.46 Å². The van der Waals surface area contributed by atoms with Crippen molar-refractivity contribution in [2.45, 2.75) is 0 Å². The van der Waals surface area contributed by atoms with Crippen LogP contribution in [0.15, 0.2) is 483 Å².